The topological polar surface area (TPSA) is 59.2 Å². The zero-order chi connectivity index (χ0) is 14.5. The van der Waals surface area contributed by atoms with E-state index in [0.29, 0.717) is 18.0 Å². The van der Waals surface area contributed by atoms with Gasteiger partial charge in [-0.2, -0.15) is 0 Å². The van der Waals surface area contributed by atoms with Crippen LogP contribution in [0.1, 0.15) is 48.7 Å². The first-order valence-electron chi connectivity index (χ1n) is 7.61. The van der Waals surface area contributed by atoms with Crippen molar-refractivity contribution in [2.24, 2.45) is 11.7 Å². The Balaban J connectivity index is 2.17. The van der Waals surface area contributed by atoms with Gasteiger partial charge in [0, 0.05) is 24.5 Å². The van der Waals surface area contributed by atoms with Gasteiger partial charge in [-0.15, -0.1) is 0 Å². The normalized spacial score (nSPS) is 22.6. The van der Waals surface area contributed by atoms with Gasteiger partial charge in [0.25, 0.3) is 5.91 Å². The molecule has 0 radical (unpaired) electrons. The van der Waals surface area contributed by atoms with Crippen LogP contribution in [-0.2, 0) is 0 Å². The number of carbonyl (C=O) groups excluding carboxylic acids is 1. The predicted octanol–water partition coefficient (Wildman–Crippen LogP) is 2.37. The molecule has 1 aromatic heterocycles. The second kappa shape index (κ2) is 6.84. The lowest BCUT2D eigenvalue weighted by Gasteiger charge is -2.39. The summed E-state index contributed by atoms with van der Waals surface area (Å²) in [4.78, 5) is 18.9. The van der Waals surface area contributed by atoms with Gasteiger partial charge in [-0.3, -0.25) is 9.78 Å². The largest absolute Gasteiger partial charge is 0.336 e. The van der Waals surface area contributed by atoms with E-state index in [-0.39, 0.29) is 11.9 Å². The summed E-state index contributed by atoms with van der Waals surface area (Å²) in [6.45, 7) is 5.37. The molecule has 2 rings (SSSR count). The van der Waals surface area contributed by atoms with Crippen LogP contribution >= 0.6 is 0 Å². The van der Waals surface area contributed by atoms with Crippen molar-refractivity contribution < 1.29 is 4.79 Å². The van der Waals surface area contributed by atoms with Crippen molar-refractivity contribution in [1.82, 2.24) is 9.88 Å². The molecule has 0 spiro atoms. The molecule has 1 amide bonds. The molecule has 2 unspecified atom stereocenters. The first-order valence-corrected chi connectivity index (χ1v) is 7.61. The van der Waals surface area contributed by atoms with E-state index in [9.17, 15) is 4.79 Å². The third-order valence-electron chi connectivity index (χ3n) is 4.33. The molecule has 1 heterocycles. The smallest absolute Gasteiger partial charge is 0.255 e. The summed E-state index contributed by atoms with van der Waals surface area (Å²) in [5, 5.41) is 0. The van der Waals surface area contributed by atoms with E-state index < -0.39 is 0 Å². The van der Waals surface area contributed by atoms with Crippen LogP contribution in [0.2, 0.25) is 0 Å². The molecule has 2 atom stereocenters. The molecule has 1 aromatic rings. The second-order valence-corrected chi connectivity index (χ2v) is 5.63. The van der Waals surface area contributed by atoms with Gasteiger partial charge in [-0.1, -0.05) is 12.8 Å². The average Bonchev–Trinajstić information content (AvgIpc) is 2.49. The summed E-state index contributed by atoms with van der Waals surface area (Å²) in [7, 11) is 0. The molecule has 110 valence electrons. The van der Waals surface area contributed by atoms with E-state index in [0.717, 1.165) is 25.1 Å². The lowest BCUT2D eigenvalue weighted by molar-refractivity contribution is 0.0559. The van der Waals surface area contributed by atoms with Crippen molar-refractivity contribution in [2.75, 3.05) is 13.1 Å². The van der Waals surface area contributed by atoms with Crippen LogP contribution in [0.25, 0.3) is 0 Å². The molecule has 1 aliphatic carbocycles. The summed E-state index contributed by atoms with van der Waals surface area (Å²) in [5.74, 6) is 0.524. The first-order chi connectivity index (χ1) is 9.67. The standard InChI is InChI=1S/C16H25N3O/c1-3-19(15-7-5-4-6-13(15)10-17)16(20)14-9-8-12(2)18-11-14/h8-9,11,13,15H,3-7,10,17H2,1-2H3. The third-order valence-corrected chi connectivity index (χ3v) is 4.33. The fourth-order valence-electron chi connectivity index (χ4n) is 3.16. The van der Waals surface area contributed by atoms with Crippen LogP contribution in [0.4, 0.5) is 0 Å². The summed E-state index contributed by atoms with van der Waals surface area (Å²) in [6, 6.07) is 4.04. The lowest BCUT2D eigenvalue weighted by atomic mass is 9.83. The number of rotatable bonds is 4. The average molecular weight is 275 g/mol. The quantitative estimate of drug-likeness (QED) is 0.917. The monoisotopic (exact) mass is 275 g/mol. The fraction of sp³-hybridized carbons (Fsp3) is 0.625. The Labute approximate surface area is 121 Å². The van der Waals surface area contributed by atoms with Crippen LogP contribution in [0.15, 0.2) is 18.3 Å². The molecule has 0 saturated heterocycles. The number of aryl methyl sites for hydroxylation is 1. The van der Waals surface area contributed by atoms with Crippen LogP contribution in [0.3, 0.4) is 0 Å². The Morgan fingerprint density at radius 1 is 1.40 bits per heavy atom. The number of amides is 1. The second-order valence-electron chi connectivity index (χ2n) is 5.63. The maximum atomic E-state index is 12.7. The number of pyridine rings is 1. The highest BCUT2D eigenvalue weighted by atomic mass is 16.2. The number of carbonyl (C=O) groups is 1. The highest BCUT2D eigenvalue weighted by Crippen LogP contribution is 2.28. The predicted molar refractivity (Wildman–Crippen MR) is 80.5 cm³/mol. The summed E-state index contributed by atoms with van der Waals surface area (Å²) < 4.78 is 0. The van der Waals surface area contributed by atoms with E-state index in [2.05, 4.69) is 4.98 Å². The van der Waals surface area contributed by atoms with E-state index in [4.69, 9.17) is 5.73 Å². The molecule has 1 aliphatic rings. The summed E-state index contributed by atoms with van der Waals surface area (Å²) in [6.07, 6.45) is 6.31. The van der Waals surface area contributed by atoms with Gasteiger partial charge in [0.2, 0.25) is 0 Å². The van der Waals surface area contributed by atoms with Crippen molar-refractivity contribution in [2.45, 2.75) is 45.6 Å². The minimum absolute atomic E-state index is 0.0883. The fourth-order valence-corrected chi connectivity index (χ4v) is 3.16. The van der Waals surface area contributed by atoms with E-state index in [1.807, 2.05) is 30.9 Å². The maximum absolute atomic E-state index is 12.7. The molecule has 4 heteroatoms. The Kier molecular flexibility index (Phi) is 5.12. The molecule has 20 heavy (non-hydrogen) atoms. The highest BCUT2D eigenvalue weighted by molar-refractivity contribution is 5.94. The minimum Gasteiger partial charge on any atom is -0.336 e. The van der Waals surface area contributed by atoms with Gasteiger partial charge < -0.3 is 10.6 Å². The number of aromatic nitrogens is 1. The highest BCUT2D eigenvalue weighted by Gasteiger charge is 2.31. The Hall–Kier alpha value is -1.42. The summed E-state index contributed by atoms with van der Waals surface area (Å²) >= 11 is 0. The van der Waals surface area contributed by atoms with Gasteiger partial charge in [0.15, 0.2) is 0 Å². The molecule has 0 aromatic carbocycles. The van der Waals surface area contributed by atoms with Gasteiger partial charge in [-0.05, 0) is 51.3 Å². The van der Waals surface area contributed by atoms with Crippen LogP contribution < -0.4 is 5.73 Å². The van der Waals surface area contributed by atoms with Crippen LogP contribution in [-0.4, -0.2) is 34.9 Å². The summed E-state index contributed by atoms with van der Waals surface area (Å²) in [5.41, 5.74) is 7.51. The number of nitrogens with zero attached hydrogens (tertiary/aromatic N) is 2. The van der Waals surface area contributed by atoms with Crippen molar-refractivity contribution >= 4 is 5.91 Å². The Morgan fingerprint density at radius 2 is 2.15 bits per heavy atom. The molecule has 1 fully saturated rings. The third kappa shape index (κ3) is 3.18. The van der Waals surface area contributed by atoms with Gasteiger partial charge in [0.1, 0.15) is 0 Å². The maximum Gasteiger partial charge on any atom is 0.255 e. The van der Waals surface area contributed by atoms with Crippen LogP contribution in [0.5, 0.6) is 0 Å². The zero-order valence-electron chi connectivity index (χ0n) is 12.5. The number of nitrogens with two attached hydrogens (primary N) is 1. The number of hydrogen-bond acceptors (Lipinski definition) is 3. The van der Waals surface area contributed by atoms with Gasteiger partial charge in [-0.25, -0.2) is 0 Å². The van der Waals surface area contributed by atoms with Crippen molar-refractivity contribution in [1.29, 1.82) is 0 Å². The molecule has 1 saturated carbocycles. The SMILES string of the molecule is CCN(C(=O)c1ccc(C)nc1)C1CCCCC1CN. The zero-order valence-corrected chi connectivity index (χ0v) is 12.5. The molecule has 4 nitrogen and oxygen atoms in total. The van der Waals surface area contributed by atoms with Crippen molar-refractivity contribution in [3.63, 3.8) is 0 Å². The van der Waals surface area contributed by atoms with E-state index in [1.54, 1.807) is 6.20 Å². The molecular formula is C16H25N3O. The Morgan fingerprint density at radius 3 is 2.75 bits per heavy atom. The molecule has 0 aliphatic heterocycles. The Bertz CT molecular complexity index is 444. The van der Waals surface area contributed by atoms with Gasteiger partial charge in [0.05, 0.1) is 5.56 Å². The number of hydrogen-bond donors (Lipinski definition) is 1. The van der Waals surface area contributed by atoms with E-state index >= 15 is 0 Å². The van der Waals surface area contributed by atoms with E-state index in [1.165, 1.54) is 12.8 Å². The minimum atomic E-state index is 0.0883. The van der Waals surface area contributed by atoms with Crippen molar-refractivity contribution in [3.05, 3.63) is 29.6 Å². The van der Waals surface area contributed by atoms with Crippen molar-refractivity contribution in [3.8, 4) is 0 Å². The first kappa shape index (κ1) is 15.0. The molecular weight excluding hydrogens is 250 g/mol. The van der Waals surface area contributed by atoms with Crippen LogP contribution in [0, 0.1) is 12.8 Å². The molecule has 2 N–H and O–H groups in total. The lowest BCUT2D eigenvalue weighted by Crippen LogP contribution is -2.48. The molecule has 0 bridgehead atoms. The van der Waals surface area contributed by atoms with Gasteiger partial charge >= 0.3 is 0 Å².